The second-order valence-electron chi connectivity index (χ2n) is 4.97. The molecule has 1 aliphatic rings. The molecular weight excluding hydrogens is 212 g/mol. The molecule has 0 bridgehead atoms. The van der Waals surface area contributed by atoms with Crippen LogP contribution < -0.4 is 16.0 Å². The third kappa shape index (κ3) is 3.20. The summed E-state index contributed by atoms with van der Waals surface area (Å²) in [4.78, 5) is 0. The molecule has 2 rings (SSSR count). The molecule has 17 heavy (non-hydrogen) atoms. The normalized spacial score (nSPS) is 16.9. The van der Waals surface area contributed by atoms with Crippen LogP contribution in [0.15, 0.2) is 18.2 Å². The Hall–Kier alpha value is -1.06. The fourth-order valence-electron chi connectivity index (χ4n) is 2.27. The molecule has 0 radical (unpaired) electrons. The molecule has 1 aromatic carbocycles. The Bertz CT molecular complexity index is 374. The highest BCUT2D eigenvalue weighted by atomic mass is 16.5. The van der Waals surface area contributed by atoms with Crippen molar-refractivity contribution in [2.75, 3.05) is 7.11 Å². The number of ether oxygens (including phenoxy) is 1. The fourth-order valence-corrected chi connectivity index (χ4v) is 2.27. The highest BCUT2D eigenvalue weighted by Gasteiger charge is 2.22. The van der Waals surface area contributed by atoms with E-state index in [9.17, 15) is 0 Å². The van der Waals surface area contributed by atoms with E-state index in [2.05, 4.69) is 24.5 Å². The average Bonchev–Trinajstić information content (AvgIpc) is 3.14. The van der Waals surface area contributed by atoms with Gasteiger partial charge in [0.05, 0.1) is 7.11 Å². The average molecular weight is 234 g/mol. The van der Waals surface area contributed by atoms with Gasteiger partial charge in [-0.05, 0) is 42.9 Å². The lowest BCUT2D eigenvalue weighted by Gasteiger charge is -2.17. The number of benzene rings is 1. The van der Waals surface area contributed by atoms with Crippen LogP contribution in [0.25, 0.3) is 0 Å². The maximum Gasteiger partial charge on any atom is 0.121 e. The number of hydrogen-bond acceptors (Lipinski definition) is 3. The van der Waals surface area contributed by atoms with E-state index in [0.717, 1.165) is 23.7 Å². The van der Waals surface area contributed by atoms with Gasteiger partial charge in [0.1, 0.15) is 5.75 Å². The Balaban J connectivity index is 2.03. The standard InChI is InChI=1S/C14H22N2O/c1-10-9-12(6-8-14(10)17-2)13(16-15)7-5-11-3-4-11/h6,8-9,11,13,16H,3-5,7,15H2,1-2H3. The van der Waals surface area contributed by atoms with Gasteiger partial charge in [-0.2, -0.15) is 0 Å². The lowest BCUT2D eigenvalue weighted by Crippen LogP contribution is -2.28. The van der Waals surface area contributed by atoms with Gasteiger partial charge in [0.15, 0.2) is 0 Å². The number of methoxy groups -OCH3 is 1. The van der Waals surface area contributed by atoms with Gasteiger partial charge in [0.2, 0.25) is 0 Å². The van der Waals surface area contributed by atoms with E-state index in [1.54, 1.807) is 7.11 Å². The van der Waals surface area contributed by atoms with Crippen molar-refractivity contribution in [2.45, 2.75) is 38.6 Å². The van der Waals surface area contributed by atoms with Crippen molar-refractivity contribution in [1.29, 1.82) is 0 Å². The van der Waals surface area contributed by atoms with Crippen LogP contribution in [-0.4, -0.2) is 7.11 Å². The Labute approximate surface area is 103 Å². The summed E-state index contributed by atoms with van der Waals surface area (Å²) in [5.74, 6) is 7.54. The van der Waals surface area contributed by atoms with Crippen molar-refractivity contribution in [3.63, 3.8) is 0 Å². The summed E-state index contributed by atoms with van der Waals surface area (Å²) in [5, 5.41) is 0. The first kappa shape index (κ1) is 12.4. The van der Waals surface area contributed by atoms with E-state index in [0.29, 0.717) is 0 Å². The van der Waals surface area contributed by atoms with Crippen LogP contribution in [-0.2, 0) is 0 Å². The first-order valence-electron chi connectivity index (χ1n) is 6.35. The van der Waals surface area contributed by atoms with Crippen LogP contribution in [0, 0.1) is 12.8 Å². The molecule has 0 amide bonds. The second-order valence-corrected chi connectivity index (χ2v) is 4.97. The summed E-state index contributed by atoms with van der Waals surface area (Å²) in [5.41, 5.74) is 5.34. The lowest BCUT2D eigenvalue weighted by atomic mass is 9.99. The Morgan fingerprint density at radius 1 is 1.47 bits per heavy atom. The summed E-state index contributed by atoms with van der Waals surface area (Å²) in [7, 11) is 1.70. The molecule has 3 N–H and O–H groups in total. The van der Waals surface area contributed by atoms with Crippen LogP contribution in [0.1, 0.15) is 42.9 Å². The zero-order chi connectivity index (χ0) is 12.3. The van der Waals surface area contributed by atoms with Crippen molar-refractivity contribution in [3.8, 4) is 5.75 Å². The summed E-state index contributed by atoms with van der Waals surface area (Å²) in [6.45, 7) is 2.07. The van der Waals surface area contributed by atoms with E-state index >= 15 is 0 Å². The number of nitrogens with two attached hydrogens (primary N) is 1. The molecule has 1 unspecified atom stereocenters. The number of nitrogens with one attached hydrogen (secondary N) is 1. The quantitative estimate of drug-likeness (QED) is 0.587. The minimum Gasteiger partial charge on any atom is -0.496 e. The Kier molecular flexibility index (Phi) is 4.02. The number of aryl methyl sites for hydroxylation is 1. The van der Waals surface area contributed by atoms with E-state index in [1.807, 2.05) is 6.07 Å². The van der Waals surface area contributed by atoms with Gasteiger partial charge in [-0.3, -0.25) is 11.3 Å². The maximum atomic E-state index is 5.65. The molecule has 0 saturated heterocycles. The van der Waals surface area contributed by atoms with Gasteiger partial charge in [0.25, 0.3) is 0 Å². The number of hydrogen-bond donors (Lipinski definition) is 2. The van der Waals surface area contributed by atoms with Gasteiger partial charge in [-0.25, -0.2) is 0 Å². The molecule has 1 saturated carbocycles. The zero-order valence-corrected chi connectivity index (χ0v) is 10.7. The second kappa shape index (κ2) is 5.52. The van der Waals surface area contributed by atoms with Crippen LogP contribution in [0.4, 0.5) is 0 Å². The van der Waals surface area contributed by atoms with E-state index in [1.165, 1.54) is 24.8 Å². The number of rotatable bonds is 6. The van der Waals surface area contributed by atoms with Crippen molar-refractivity contribution in [2.24, 2.45) is 11.8 Å². The minimum atomic E-state index is 0.264. The van der Waals surface area contributed by atoms with Crippen molar-refractivity contribution < 1.29 is 4.74 Å². The molecule has 0 aliphatic heterocycles. The van der Waals surface area contributed by atoms with Crippen LogP contribution in [0.2, 0.25) is 0 Å². The Morgan fingerprint density at radius 2 is 2.24 bits per heavy atom. The summed E-state index contributed by atoms with van der Waals surface area (Å²) in [6.07, 6.45) is 5.20. The molecule has 3 heteroatoms. The van der Waals surface area contributed by atoms with Crippen molar-refractivity contribution in [3.05, 3.63) is 29.3 Å². The van der Waals surface area contributed by atoms with Crippen LogP contribution in [0.3, 0.4) is 0 Å². The largest absolute Gasteiger partial charge is 0.496 e. The van der Waals surface area contributed by atoms with Gasteiger partial charge in [-0.15, -0.1) is 0 Å². The Morgan fingerprint density at radius 3 is 2.76 bits per heavy atom. The molecule has 1 atom stereocenters. The monoisotopic (exact) mass is 234 g/mol. The fraction of sp³-hybridized carbons (Fsp3) is 0.571. The van der Waals surface area contributed by atoms with E-state index in [4.69, 9.17) is 10.6 Å². The predicted octanol–water partition coefficient (Wildman–Crippen LogP) is 2.70. The van der Waals surface area contributed by atoms with Gasteiger partial charge < -0.3 is 4.74 Å². The van der Waals surface area contributed by atoms with Gasteiger partial charge in [-0.1, -0.05) is 25.0 Å². The first-order valence-corrected chi connectivity index (χ1v) is 6.35. The van der Waals surface area contributed by atoms with Crippen LogP contribution in [0.5, 0.6) is 5.75 Å². The lowest BCUT2D eigenvalue weighted by molar-refractivity contribution is 0.410. The third-order valence-corrected chi connectivity index (χ3v) is 3.58. The zero-order valence-electron chi connectivity index (χ0n) is 10.7. The van der Waals surface area contributed by atoms with Gasteiger partial charge in [0, 0.05) is 6.04 Å². The topological polar surface area (TPSA) is 47.3 Å². The third-order valence-electron chi connectivity index (χ3n) is 3.58. The molecule has 94 valence electrons. The highest BCUT2D eigenvalue weighted by molar-refractivity contribution is 5.37. The maximum absolute atomic E-state index is 5.65. The SMILES string of the molecule is COc1ccc(C(CCC2CC2)NN)cc1C. The summed E-state index contributed by atoms with van der Waals surface area (Å²) in [6, 6.07) is 6.55. The molecule has 0 heterocycles. The minimum absolute atomic E-state index is 0.264. The highest BCUT2D eigenvalue weighted by Crippen LogP contribution is 2.36. The molecule has 1 aliphatic carbocycles. The molecular formula is C14H22N2O. The molecule has 1 fully saturated rings. The molecule has 0 aromatic heterocycles. The van der Waals surface area contributed by atoms with Crippen LogP contribution >= 0.6 is 0 Å². The predicted molar refractivity (Wildman–Crippen MR) is 69.8 cm³/mol. The number of hydrazine groups is 1. The first-order chi connectivity index (χ1) is 8.24. The van der Waals surface area contributed by atoms with E-state index in [-0.39, 0.29) is 6.04 Å². The molecule has 0 spiro atoms. The summed E-state index contributed by atoms with van der Waals surface area (Å²) >= 11 is 0. The van der Waals surface area contributed by atoms with Gasteiger partial charge >= 0.3 is 0 Å². The smallest absolute Gasteiger partial charge is 0.121 e. The summed E-state index contributed by atoms with van der Waals surface area (Å²) < 4.78 is 5.27. The van der Waals surface area contributed by atoms with Crippen molar-refractivity contribution >= 4 is 0 Å². The van der Waals surface area contributed by atoms with Crippen molar-refractivity contribution in [1.82, 2.24) is 5.43 Å². The molecule has 3 nitrogen and oxygen atoms in total. The molecule has 1 aromatic rings. The van der Waals surface area contributed by atoms with E-state index < -0.39 is 0 Å².